The van der Waals surface area contributed by atoms with Gasteiger partial charge in [-0.2, -0.15) is 18.2 Å². The van der Waals surface area contributed by atoms with Crippen LogP contribution in [0.25, 0.3) is 33.0 Å². The molecule has 1 aliphatic rings. The molecule has 6 rings (SSSR count). The van der Waals surface area contributed by atoms with E-state index < -0.39 is 11.9 Å². The highest BCUT2D eigenvalue weighted by molar-refractivity contribution is 7.16. The molecule has 4 aromatic heterocycles. The van der Waals surface area contributed by atoms with Gasteiger partial charge in [-0.05, 0) is 29.9 Å². The summed E-state index contributed by atoms with van der Waals surface area (Å²) in [7, 11) is 3.09. The van der Waals surface area contributed by atoms with Crippen LogP contribution >= 0.6 is 11.3 Å². The van der Waals surface area contributed by atoms with Crippen LogP contribution in [0.1, 0.15) is 35.7 Å². The molecule has 0 radical (unpaired) electrons. The number of imidazole rings is 1. The molecule has 5 aromatic rings. The van der Waals surface area contributed by atoms with Gasteiger partial charge >= 0.3 is 6.18 Å². The first-order valence-electron chi connectivity index (χ1n) is 11.8. The molecule has 1 saturated carbocycles. The molecule has 0 aliphatic heterocycles. The maximum Gasteiger partial charge on any atom is 0.434 e. The van der Waals surface area contributed by atoms with Gasteiger partial charge in [-0.25, -0.2) is 19.9 Å². The number of methoxy groups -OCH3 is 1. The van der Waals surface area contributed by atoms with Crippen molar-refractivity contribution >= 4 is 21.6 Å². The molecule has 1 aliphatic carbocycles. The summed E-state index contributed by atoms with van der Waals surface area (Å²) in [5.41, 5.74) is 2.02. The maximum absolute atomic E-state index is 13.0. The fraction of sp³-hybridized carbons (Fsp3) is 0.269. The van der Waals surface area contributed by atoms with E-state index in [4.69, 9.17) is 19.4 Å². The normalized spacial score (nSPS) is 13.7. The van der Waals surface area contributed by atoms with Crippen molar-refractivity contribution in [3.05, 3.63) is 65.2 Å². The van der Waals surface area contributed by atoms with E-state index in [9.17, 15) is 13.2 Å². The topological polar surface area (TPSA) is 87.8 Å². The van der Waals surface area contributed by atoms with Crippen LogP contribution < -0.4 is 9.47 Å². The number of ether oxygens (including phenoxy) is 2. The zero-order valence-electron chi connectivity index (χ0n) is 20.4. The Labute approximate surface area is 219 Å². The van der Waals surface area contributed by atoms with E-state index in [0.717, 1.165) is 40.5 Å². The van der Waals surface area contributed by atoms with E-state index in [0.29, 0.717) is 34.6 Å². The molecule has 1 fully saturated rings. The van der Waals surface area contributed by atoms with Crippen LogP contribution in [-0.2, 0) is 19.8 Å². The van der Waals surface area contributed by atoms with E-state index in [-0.39, 0.29) is 12.4 Å². The number of fused-ring (bicyclic) bond motifs is 1. The van der Waals surface area contributed by atoms with Crippen LogP contribution in [0, 0.1) is 0 Å². The molecule has 12 heteroatoms. The fourth-order valence-electron chi connectivity index (χ4n) is 4.24. The predicted molar refractivity (Wildman–Crippen MR) is 135 cm³/mol. The Morgan fingerprint density at radius 1 is 1.03 bits per heavy atom. The number of thiophene rings is 1. The first kappa shape index (κ1) is 24.3. The number of nitrogens with zero attached hydrogens (tertiary/aromatic N) is 6. The summed E-state index contributed by atoms with van der Waals surface area (Å²) < 4.78 is 52.1. The van der Waals surface area contributed by atoms with Crippen molar-refractivity contribution in [3.8, 4) is 34.5 Å². The lowest BCUT2D eigenvalue weighted by Crippen LogP contribution is -2.05. The lowest BCUT2D eigenvalue weighted by Gasteiger charge is -2.13. The van der Waals surface area contributed by atoms with Crippen molar-refractivity contribution < 1.29 is 22.6 Å². The summed E-state index contributed by atoms with van der Waals surface area (Å²) in [6, 6.07) is 8.94. The van der Waals surface area contributed by atoms with Crippen LogP contribution in [-0.4, -0.2) is 36.6 Å². The van der Waals surface area contributed by atoms with Gasteiger partial charge in [0, 0.05) is 24.7 Å². The highest BCUT2D eigenvalue weighted by Gasteiger charge is 2.34. The molecule has 0 spiro atoms. The summed E-state index contributed by atoms with van der Waals surface area (Å²) in [6.07, 6.45) is 0.0673. The van der Waals surface area contributed by atoms with Crippen LogP contribution in [0.3, 0.4) is 0 Å². The van der Waals surface area contributed by atoms with Gasteiger partial charge in [-0.1, -0.05) is 24.3 Å². The Hall–Kier alpha value is -4.06. The molecule has 38 heavy (non-hydrogen) atoms. The SMILES string of the molecule is COc1ncnc(C2CC2)c1-c1nc(OCc2ccc(-c3nc(C(F)(F)F)cn3C)cc2)c2ccsc2n1. The molecule has 0 amide bonds. The highest BCUT2D eigenvalue weighted by atomic mass is 32.1. The summed E-state index contributed by atoms with van der Waals surface area (Å²) in [4.78, 5) is 22.8. The van der Waals surface area contributed by atoms with Crippen molar-refractivity contribution in [3.63, 3.8) is 0 Å². The second-order valence-electron chi connectivity index (χ2n) is 8.95. The zero-order chi connectivity index (χ0) is 26.4. The Balaban J connectivity index is 1.28. The van der Waals surface area contributed by atoms with Gasteiger partial charge in [0.15, 0.2) is 11.5 Å². The number of halogens is 3. The van der Waals surface area contributed by atoms with Gasteiger partial charge in [0.2, 0.25) is 11.8 Å². The van der Waals surface area contributed by atoms with Crippen molar-refractivity contribution in [1.82, 2.24) is 29.5 Å². The fourth-order valence-corrected chi connectivity index (χ4v) is 4.99. The van der Waals surface area contributed by atoms with Crippen molar-refractivity contribution in [1.29, 1.82) is 0 Å². The van der Waals surface area contributed by atoms with Crippen LogP contribution in [0.4, 0.5) is 13.2 Å². The third kappa shape index (κ3) is 4.55. The molecule has 1 aromatic carbocycles. The Bertz CT molecular complexity index is 1630. The molecule has 0 N–H and O–H groups in total. The van der Waals surface area contributed by atoms with E-state index >= 15 is 0 Å². The average molecular weight is 539 g/mol. The van der Waals surface area contributed by atoms with Crippen LogP contribution in [0.15, 0.2) is 48.2 Å². The minimum Gasteiger partial charge on any atom is -0.480 e. The lowest BCUT2D eigenvalue weighted by molar-refractivity contribution is -0.140. The van der Waals surface area contributed by atoms with Crippen molar-refractivity contribution in [2.24, 2.45) is 7.05 Å². The molecular weight excluding hydrogens is 517 g/mol. The van der Waals surface area contributed by atoms with Gasteiger partial charge in [0.25, 0.3) is 0 Å². The third-order valence-corrected chi connectivity index (χ3v) is 7.07. The molecule has 0 atom stereocenters. The predicted octanol–water partition coefficient (Wildman–Crippen LogP) is 6.03. The number of aromatic nitrogens is 6. The smallest absolute Gasteiger partial charge is 0.434 e. The van der Waals surface area contributed by atoms with Crippen LogP contribution in [0.5, 0.6) is 11.8 Å². The number of hydrogen-bond donors (Lipinski definition) is 0. The molecular formula is C26H21F3N6O2S. The number of alkyl halides is 3. The van der Waals surface area contributed by atoms with E-state index in [1.54, 1.807) is 31.4 Å². The van der Waals surface area contributed by atoms with Crippen molar-refractivity contribution in [2.45, 2.75) is 31.5 Å². The van der Waals surface area contributed by atoms with Gasteiger partial charge in [-0.3, -0.25) is 0 Å². The Kier molecular flexibility index (Phi) is 5.98. The minimum absolute atomic E-state index is 0.202. The molecule has 8 nitrogen and oxygen atoms in total. The summed E-state index contributed by atoms with van der Waals surface area (Å²) in [5.74, 6) is 1.85. The van der Waals surface area contributed by atoms with Gasteiger partial charge in [0.05, 0.1) is 18.2 Å². The number of benzene rings is 1. The van der Waals surface area contributed by atoms with E-state index in [1.807, 2.05) is 11.4 Å². The molecule has 4 heterocycles. The van der Waals surface area contributed by atoms with Crippen LogP contribution in [0.2, 0.25) is 0 Å². The molecule has 0 bridgehead atoms. The minimum atomic E-state index is -4.50. The molecule has 194 valence electrons. The Morgan fingerprint density at radius 2 is 1.82 bits per heavy atom. The summed E-state index contributed by atoms with van der Waals surface area (Å²) in [5, 5.41) is 2.71. The lowest BCUT2D eigenvalue weighted by atomic mass is 10.1. The van der Waals surface area contributed by atoms with Gasteiger partial charge in [0.1, 0.15) is 29.2 Å². The second kappa shape index (κ2) is 9.35. The van der Waals surface area contributed by atoms with Crippen molar-refractivity contribution in [2.75, 3.05) is 7.11 Å². The quantitative estimate of drug-likeness (QED) is 0.250. The van der Waals surface area contributed by atoms with Gasteiger partial charge < -0.3 is 14.0 Å². The molecule has 0 saturated heterocycles. The number of hydrogen-bond acceptors (Lipinski definition) is 8. The first-order chi connectivity index (χ1) is 18.3. The Morgan fingerprint density at radius 3 is 2.50 bits per heavy atom. The molecule has 0 unspecified atom stereocenters. The summed E-state index contributed by atoms with van der Waals surface area (Å²) in [6.45, 7) is 0.202. The number of aryl methyl sites for hydroxylation is 1. The van der Waals surface area contributed by atoms with E-state index in [2.05, 4.69) is 15.0 Å². The number of rotatable bonds is 7. The average Bonchev–Trinajstić information content (AvgIpc) is 3.51. The maximum atomic E-state index is 13.0. The summed E-state index contributed by atoms with van der Waals surface area (Å²) >= 11 is 1.48. The first-order valence-corrected chi connectivity index (χ1v) is 12.7. The standard InChI is InChI=1S/C26H21F3N6O2S/c1-35-11-18(26(27,28)29)32-22(35)16-5-3-14(4-6-16)12-37-23-17-9-10-38-25(17)34-21(33-23)19-20(15-7-8-15)30-13-31-24(19)36-2/h3-6,9-11,13,15H,7-8,12H2,1-2H3. The van der Waals surface area contributed by atoms with E-state index in [1.165, 1.54) is 29.3 Å². The third-order valence-electron chi connectivity index (χ3n) is 6.27. The largest absolute Gasteiger partial charge is 0.480 e. The van der Waals surface area contributed by atoms with Gasteiger partial charge in [-0.15, -0.1) is 11.3 Å². The highest BCUT2D eigenvalue weighted by Crippen LogP contribution is 2.45. The zero-order valence-corrected chi connectivity index (χ0v) is 21.2. The second-order valence-corrected chi connectivity index (χ2v) is 9.85. The monoisotopic (exact) mass is 538 g/mol.